The fraction of sp³-hybridized carbons (Fsp3) is 1.00. The number of nitrogens with two attached hydrogens (primary N) is 1. The van der Waals surface area contributed by atoms with Gasteiger partial charge in [0, 0.05) is 6.04 Å². The fourth-order valence-corrected chi connectivity index (χ4v) is 1.38. The molecule has 0 unspecified atom stereocenters. The molecule has 54 valence electrons. The Balaban J connectivity index is 2.41. The van der Waals surface area contributed by atoms with E-state index in [1.165, 1.54) is 12.8 Å². The van der Waals surface area contributed by atoms with Gasteiger partial charge in [-0.2, -0.15) is 0 Å². The van der Waals surface area contributed by atoms with Gasteiger partial charge in [-0.3, -0.25) is 0 Å². The summed E-state index contributed by atoms with van der Waals surface area (Å²) in [6.45, 7) is 6.86. The molecule has 0 aromatic rings. The molecule has 0 aliphatic heterocycles. The summed E-state index contributed by atoms with van der Waals surface area (Å²) in [5, 5.41) is 0. The molecule has 0 radical (unpaired) electrons. The Labute approximate surface area is 57.6 Å². The van der Waals surface area contributed by atoms with E-state index in [4.69, 9.17) is 5.73 Å². The molecule has 0 bridgehead atoms. The highest BCUT2D eigenvalue weighted by Gasteiger charge is 2.43. The standard InChI is InChI=1S/C8H17N/c1-4-8(2,3)6-5-7(6)9/h6-7H,4-5,9H2,1-3H3/t6-,7-/m1/s1. The summed E-state index contributed by atoms with van der Waals surface area (Å²) in [6.07, 6.45) is 2.51. The van der Waals surface area contributed by atoms with E-state index >= 15 is 0 Å². The summed E-state index contributed by atoms with van der Waals surface area (Å²) < 4.78 is 0. The molecule has 1 fully saturated rings. The van der Waals surface area contributed by atoms with Gasteiger partial charge < -0.3 is 5.73 Å². The first-order valence-electron chi connectivity index (χ1n) is 3.83. The SMILES string of the molecule is CCC(C)(C)[C@@H]1C[C@H]1N. The molecular formula is C8H17N. The number of rotatable bonds is 2. The minimum Gasteiger partial charge on any atom is -0.327 e. The molecule has 0 heterocycles. The summed E-state index contributed by atoms with van der Waals surface area (Å²) in [5.41, 5.74) is 6.23. The van der Waals surface area contributed by atoms with Crippen molar-refractivity contribution in [2.24, 2.45) is 17.1 Å². The van der Waals surface area contributed by atoms with Crippen LogP contribution in [-0.2, 0) is 0 Å². The molecule has 1 aliphatic rings. The largest absolute Gasteiger partial charge is 0.327 e. The monoisotopic (exact) mass is 127 g/mol. The van der Waals surface area contributed by atoms with E-state index < -0.39 is 0 Å². The predicted molar refractivity (Wildman–Crippen MR) is 40.2 cm³/mol. The van der Waals surface area contributed by atoms with E-state index in [2.05, 4.69) is 20.8 Å². The second-order valence-corrected chi connectivity index (χ2v) is 3.85. The van der Waals surface area contributed by atoms with Crippen LogP contribution in [0.1, 0.15) is 33.6 Å². The molecule has 1 saturated carbocycles. The summed E-state index contributed by atoms with van der Waals surface area (Å²) >= 11 is 0. The Morgan fingerprint density at radius 1 is 1.56 bits per heavy atom. The molecule has 0 aromatic carbocycles. The van der Waals surface area contributed by atoms with Crippen molar-refractivity contribution in [2.45, 2.75) is 39.7 Å². The van der Waals surface area contributed by atoms with Crippen LogP contribution in [0.25, 0.3) is 0 Å². The third kappa shape index (κ3) is 1.26. The van der Waals surface area contributed by atoms with E-state index in [1.807, 2.05) is 0 Å². The van der Waals surface area contributed by atoms with Gasteiger partial charge in [0.25, 0.3) is 0 Å². The van der Waals surface area contributed by atoms with Crippen molar-refractivity contribution < 1.29 is 0 Å². The summed E-state index contributed by atoms with van der Waals surface area (Å²) in [5.74, 6) is 0.808. The minimum atomic E-state index is 0.499. The van der Waals surface area contributed by atoms with E-state index in [9.17, 15) is 0 Å². The quantitative estimate of drug-likeness (QED) is 0.601. The third-order valence-electron chi connectivity index (χ3n) is 2.75. The third-order valence-corrected chi connectivity index (χ3v) is 2.75. The smallest absolute Gasteiger partial charge is 0.00762 e. The first-order chi connectivity index (χ1) is 4.08. The van der Waals surface area contributed by atoms with Crippen LogP contribution in [0.2, 0.25) is 0 Å². The van der Waals surface area contributed by atoms with Crippen LogP contribution >= 0.6 is 0 Å². The summed E-state index contributed by atoms with van der Waals surface area (Å²) in [6, 6.07) is 0.514. The Bertz CT molecular complexity index is 107. The average molecular weight is 127 g/mol. The van der Waals surface area contributed by atoms with Gasteiger partial charge in [0.05, 0.1) is 0 Å². The number of hydrogen-bond donors (Lipinski definition) is 1. The molecule has 2 N–H and O–H groups in total. The molecular weight excluding hydrogens is 110 g/mol. The first kappa shape index (κ1) is 7.07. The highest BCUT2D eigenvalue weighted by Crippen LogP contribution is 2.45. The van der Waals surface area contributed by atoms with Crippen LogP contribution in [0.4, 0.5) is 0 Å². The zero-order chi connectivity index (χ0) is 7.07. The Morgan fingerprint density at radius 3 is 2.11 bits per heavy atom. The van der Waals surface area contributed by atoms with E-state index in [1.54, 1.807) is 0 Å². The molecule has 0 aromatic heterocycles. The summed E-state index contributed by atoms with van der Waals surface area (Å²) in [4.78, 5) is 0. The van der Waals surface area contributed by atoms with Crippen LogP contribution in [0, 0.1) is 11.3 Å². The van der Waals surface area contributed by atoms with Gasteiger partial charge in [0.1, 0.15) is 0 Å². The zero-order valence-corrected chi connectivity index (χ0v) is 6.65. The van der Waals surface area contributed by atoms with Crippen molar-refractivity contribution >= 4 is 0 Å². The van der Waals surface area contributed by atoms with Gasteiger partial charge in [-0.05, 0) is 17.8 Å². The van der Waals surface area contributed by atoms with Crippen LogP contribution in [-0.4, -0.2) is 6.04 Å². The lowest BCUT2D eigenvalue weighted by molar-refractivity contribution is 0.291. The van der Waals surface area contributed by atoms with E-state index in [0.717, 1.165) is 5.92 Å². The Morgan fingerprint density at radius 2 is 2.00 bits per heavy atom. The fourth-order valence-electron chi connectivity index (χ4n) is 1.38. The van der Waals surface area contributed by atoms with Crippen molar-refractivity contribution in [3.05, 3.63) is 0 Å². The molecule has 9 heavy (non-hydrogen) atoms. The Kier molecular flexibility index (Phi) is 1.55. The normalized spacial score (nSPS) is 34.7. The van der Waals surface area contributed by atoms with Gasteiger partial charge in [-0.25, -0.2) is 0 Å². The van der Waals surface area contributed by atoms with Crippen molar-refractivity contribution in [1.29, 1.82) is 0 Å². The van der Waals surface area contributed by atoms with Crippen molar-refractivity contribution in [3.8, 4) is 0 Å². The van der Waals surface area contributed by atoms with E-state index in [0.29, 0.717) is 11.5 Å². The highest BCUT2D eigenvalue weighted by atomic mass is 14.8. The van der Waals surface area contributed by atoms with Crippen LogP contribution in [0.3, 0.4) is 0 Å². The lowest BCUT2D eigenvalue weighted by atomic mass is 9.84. The van der Waals surface area contributed by atoms with Crippen LogP contribution < -0.4 is 5.73 Å². The maximum atomic E-state index is 5.73. The van der Waals surface area contributed by atoms with Gasteiger partial charge in [0.15, 0.2) is 0 Å². The molecule has 0 saturated heterocycles. The van der Waals surface area contributed by atoms with Crippen LogP contribution in [0.5, 0.6) is 0 Å². The average Bonchev–Trinajstić information content (AvgIpc) is 2.47. The van der Waals surface area contributed by atoms with Crippen molar-refractivity contribution in [3.63, 3.8) is 0 Å². The lowest BCUT2D eigenvalue weighted by Gasteiger charge is -2.21. The second-order valence-electron chi connectivity index (χ2n) is 3.85. The van der Waals surface area contributed by atoms with Gasteiger partial charge in [0.2, 0.25) is 0 Å². The second kappa shape index (κ2) is 1.98. The highest BCUT2D eigenvalue weighted by molar-refractivity contribution is 4.98. The van der Waals surface area contributed by atoms with Gasteiger partial charge in [-0.15, -0.1) is 0 Å². The van der Waals surface area contributed by atoms with Gasteiger partial charge in [-0.1, -0.05) is 27.2 Å². The molecule has 0 amide bonds. The Hall–Kier alpha value is -0.0400. The first-order valence-corrected chi connectivity index (χ1v) is 3.83. The maximum Gasteiger partial charge on any atom is 0.00762 e. The van der Waals surface area contributed by atoms with Gasteiger partial charge >= 0.3 is 0 Å². The minimum absolute atomic E-state index is 0.499. The lowest BCUT2D eigenvalue weighted by Crippen LogP contribution is -2.18. The topological polar surface area (TPSA) is 26.0 Å². The molecule has 2 atom stereocenters. The zero-order valence-electron chi connectivity index (χ0n) is 6.65. The van der Waals surface area contributed by atoms with Crippen LogP contribution in [0.15, 0.2) is 0 Å². The molecule has 0 spiro atoms. The van der Waals surface area contributed by atoms with Crippen molar-refractivity contribution in [2.75, 3.05) is 0 Å². The van der Waals surface area contributed by atoms with E-state index in [-0.39, 0.29) is 0 Å². The maximum absolute atomic E-state index is 5.73. The summed E-state index contributed by atoms with van der Waals surface area (Å²) in [7, 11) is 0. The molecule has 1 aliphatic carbocycles. The molecule has 1 nitrogen and oxygen atoms in total. The molecule has 1 heteroatoms. The van der Waals surface area contributed by atoms with Crippen molar-refractivity contribution in [1.82, 2.24) is 0 Å². The predicted octanol–water partition coefficient (Wildman–Crippen LogP) is 1.77. The number of hydrogen-bond acceptors (Lipinski definition) is 1. The molecule has 1 rings (SSSR count).